The van der Waals surface area contributed by atoms with Gasteiger partial charge in [-0.05, 0) is 19.1 Å². The Morgan fingerprint density at radius 1 is 1.62 bits per heavy atom. The first-order valence-corrected chi connectivity index (χ1v) is 6.79. The quantitative estimate of drug-likeness (QED) is 0.673. The lowest BCUT2D eigenvalue weighted by molar-refractivity contribution is -0.385. The highest BCUT2D eigenvalue weighted by atomic mass is 35.5. The normalized spacial score (nSPS) is 22.1. The van der Waals surface area contributed by atoms with Crippen molar-refractivity contribution in [3.8, 4) is 0 Å². The summed E-state index contributed by atoms with van der Waals surface area (Å²) in [5.74, 6) is -0.488. The molecule has 0 saturated carbocycles. The molecular weight excluding hydrogens is 300 g/mol. The smallest absolute Gasteiger partial charge is 0.300 e. The number of nitro benzene ring substituents is 1. The molecule has 2 atom stereocenters. The Hall–Kier alpha value is -1.70. The van der Waals surface area contributed by atoms with Gasteiger partial charge in [0.05, 0.1) is 30.3 Å². The van der Waals surface area contributed by atoms with Gasteiger partial charge in [-0.15, -0.1) is 0 Å². The topological polar surface area (TPSA) is 92.9 Å². The highest BCUT2D eigenvalue weighted by molar-refractivity contribution is 6.33. The number of carbonyl (C=O) groups excluding carboxylic acids is 1. The Labute approximate surface area is 126 Å². The van der Waals surface area contributed by atoms with Crippen LogP contribution in [0, 0.1) is 10.1 Å². The van der Waals surface area contributed by atoms with Crippen molar-refractivity contribution in [2.75, 3.05) is 19.8 Å². The molecule has 0 radical (unpaired) electrons. The zero-order chi connectivity index (χ0) is 15.6. The monoisotopic (exact) mass is 314 g/mol. The van der Waals surface area contributed by atoms with Crippen LogP contribution in [0.15, 0.2) is 18.2 Å². The minimum absolute atomic E-state index is 0.0575. The van der Waals surface area contributed by atoms with Crippen LogP contribution in [0.1, 0.15) is 17.3 Å². The molecule has 8 heteroatoms. The molecule has 1 heterocycles. The van der Waals surface area contributed by atoms with Crippen LogP contribution in [0.25, 0.3) is 0 Å². The molecule has 0 bridgehead atoms. The van der Waals surface area contributed by atoms with E-state index in [1.54, 1.807) is 6.92 Å². The Morgan fingerprint density at radius 2 is 2.33 bits per heavy atom. The van der Waals surface area contributed by atoms with Crippen LogP contribution in [0.3, 0.4) is 0 Å². The predicted octanol–water partition coefficient (Wildman–Crippen LogP) is 1.47. The molecule has 114 valence electrons. The van der Waals surface area contributed by atoms with E-state index >= 15 is 0 Å². The van der Waals surface area contributed by atoms with E-state index in [1.807, 2.05) is 0 Å². The third-order valence-corrected chi connectivity index (χ3v) is 3.67. The van der Waals surface area contributed by atoms with E-state index in [0.717, 1.165) is 0 Å². The zero-order valence-corrected chi connectivity index (χ0v) is 12.1. The number of benzene rings is 1. The fraction of sp³-hybridized carbons (Fsp3) is 0.462. The van der Waals surface area contributed by atoms with E-state index in [-0.39, 0.29) is 36.4 Å². The van der Waals surface area contributed by atoms with Crippen molar-refractivity contribution in [1.82, 2.24) is 4.90 Å². The van der Waals surface area contributed by atoms with E-state index in [4.69, 9.17) is 21.4 Å². The van der Waals surface area contributed by atoms with Crippen LogP contribution in [0.4, 0.5) is 5.69 Å². The molecule has 0 aliphatic carbocycles. The minimum atomic E-state index is -0.662. The first kappa shape index (κ1) is 15.7. The first-order chi connectivity index (χ1) is 9.95. The molecule has 1 aromatic carbocycles. The third-order valence-electron chi connectivity index (χ3n) is 3.37. The van der Waals surface area contributed by atoms with Crippen molar-refractivity contribution in [2.45, 2.75) is 19.1 Å². The number of nitrogens with zero attached hydrogens (tertiary/aromatic N) is 2. The van der Waals surface area contributed by atoms with E-state index < -0.39 is 22.6 Å². The number of morpholine rings is 1. The van der Waals surface area contributed by atoms with Gasteiger partial charge < -0.3 is 14.7 Å². The number of aliphatic hydroxyl groups excluding tert-OH is 1. The van der Waals surface area contributed by atoms with Crippen molar-refractivity contribution in [2.24, 2.45) is 0 Å². The van der Waals surface area contributed by atoms with Gasteiger partial charge in [-0.2, -0.15) is 0 Å². The fourth-order valence-corrected chi connectivity index (χ4v) is 2.48. The van der Waals surface area contributed by atoms with Gasteiger partial charge in [0.2, 0.25) is 0 Å². The van der Waals surface area contributed by atoms with Gasteiger partial charge in [-0.1, -0.05) is 17.7 Å². The second kappa shape index (κ2) is 6.38. The zero-order valence-electron chi connectivity index (χ0n) is 11.4. The third kappa shape index (κ3) is 3.15. The number of rotatable bonds is 3. The van der Waals surface area contributed by atoms with Gasteiger partial charge in [-0.25, -0.2) is 0 Å². The van der Waals surface area contributed by atoms with Gasteiger partial charge in [0.1, 0.15) is 10.6 Å². The van der Waals surface area contributed by atoms with Gasteiger partial charge in [0.15, 0.2) is 0 Å². The van der Waals surface area contributed by atoms with Gasteiger partial charge in [0, 0.05) is 6.54 Å². The van der Waals surface area contributed by atoms with Crippen LogP contribution in [-0.4, -0.2) is 52.7 Å². The second-order valence-corrected chi connectivity index (χ2v) is 5.24. The van der Waals surface area contributed by atoms with Crippen LogP contribution in [-0.2, 0) is 4.74 Å². The molecule has 1 N–H and O–H groups in total. The molecule has 7 nitrogen and oxygen atoms in total. The summed E-state index contributed by atoms with van der Waals surface area (Å²) >= 11 is 5.82. The SMILES string of the molecule is CC1COC(CO)CN1C(=O)c1cccc(Cl)c1[N+](=O)[O-]. The molecule has 0 aromatic heterocycles. The Morgan fingerprint density at radius 3 is 2.95 bits per heavy atom. The standard InChI is InChI=1S/C13H15ClN2O5/c1-8-7-21-9(6-17)5-15(8)13(18)10-3-2-4-11(14)12(10)16(19)20/h2-4,8-9,17H,5-7H2,1H3. The van der Waals surface area contributed by atoms with E-state index in [2.05, 4.69) is 0 Å². The minimum Gasteiger partial charge on any atom is -0.394 e. The Balaban J connectivity index is 2.35. The molecule has 1 saturated heterocycles. The Bertz CT molecular complexity index is 565. The number of nitro groups is 1. The number of aliphatic hydroxyl groups is 1. The van der Waals surface area contributed by atoms with Gasteiger partial charge in [-0.3, -0.25) is 14.9 Å². The first-order valence-electron chi connectivity index (χ1n) is 6.42. The molecule has 1 fully saturated rings. The number of para-hydroxylation sites is 1. The highest BCUT2D eigenvalue weighted by Crippen LogP contribution is 2.30. The maximum Gasteiger partial charge on any atom is 0.300 e. The van der Waals surface area contributed by atoms with Crippen LogP contribution in [0.5, 0.6) is 0 Å². The summed E-state index contributed by atoms with van der Waals surface area (Å²) in [6.45, 7) is 2.02. The maximum absolute atomic E-state index is 12.6. The maximum atomic E-state index is 12.6. The number of ether oxygens (including phenoxy) is 1. The van der Waals surface area contributed by atoms with Gasteiger partial charge >= 0.3 is 5.69 Å². The molecule has 2 unspecified atom stereocenters. The summed E-state index contributed by atoms with van der Waals surface area (Å²) in [5, 5.41) is 20.2. The average molecular weight is 315 g/mol. The number of carbonyl (C=O) groups is 1. The summed E-state index contributed by atoms with van der Waals surface area (Å²) in [4.78, 5) is 24.5. The van der Waals surface area contributed by atoms with E-state index in [0.29, 0.717) is 0 Å². The van der Waals surface area contributed by atoms with Crippen molar-refractivity contribution < 1.29 is 19.6 Å². The lowest BCUT2D eigenvalue weighted by Crippen LogP contribution is -2.52. The lowest BCUT2D eigenvalue weighted by atomic mass is 10.1. The number of hydrogen-bond acceptors (Lipinski definition) is 5. The van der Waals surface area contributed by atoms with Crippen LogP contribution < -0.4 is 0 Å². The van der Waals surface area contributed by atoms with Crippen LogP contribution in [0.2, 0.25) is 5.02 Å². The molecular formula is C13H15ClN2O5. The second-order valence-electron chi connectivity index (χ2n) is 4.84. The average Bonchev–Trinajstić information content (AvgIpc) is 2.46. The highest BCUT2D eigenvalue weighted by Gasteiger charge is 2.33. The fourth-order valence-electron chi connectivity index (χ4n) is 2.24. The van der Waals surface area contributed by atoms with Crippen LogP contribution >= 0.6 is 11.6 Å². The largest absolute Gasteiger partial charge is 0.394 e. The number of halogens is 1. The molecule has 1 aliphatic rings. The summed E-state index contributed by atoms with van der Waals surface area (Å²) in [6, 6.07) is 4.01. The van der Waals surface area contributed by atoms with E-state index in [1.165, 1.54) is 23.1 Å². The summed E-state index contributed by atoms with van der Waals surface area (Å²) in [6.07, 6.45) is -0.483. The predicted molar refractivity (Wildman–Crippen MR) is 75.4 cm³/mol. The summed E-state index contributed by atoms with van der Waals surface area (Å²) < 4.78 is 5.35. The summed E-state index contributed by atoms with van der Waals surface area (Å²) in [5.41, 5.74) is -0.457. The Kier molecular flexibility index (Phi) is 4.76. The lowest BCUT2D eigenvalue weighted by Gasteiger charge is -2.37. The van der Waals surface area contributed by atoms with E-state index in [9.17, 15) is 14.9 Å². The molecule has 1 amide bonds. The van der Waals surface area contributed by atoms with Crippen molar-refractivity contribution in [1.29, 1.82) is 0 Å². The molecule has 1 aliphatic heterocycles. The van der Waals surface area contributed by atoms with Crippen molar-refractivity contribution in [3.63, 3.8) is 0 Å². The summed E-state index contributed by atoms with van der Waals surface area (Å²) in [7, 11) is 0. The number of hydrogen-bond donors (Lipinski definition) is 1. The van der Waals surface area contributed by atoms with Gasteiger partial charge in [0.25, 0.3) is 5.91 Å². The molecule has 2 rings (SSSR count). The molecule has 1 aromatic rings. The van der Waals surface area contributed by atoms with Crippen molar-refractivity contribution >= 4 is 23.2 Å². The molecule has 21 heavy (non-hydrogen) atoms. The number of amides is 1. The molecule has 0 spiro atoms. The van der Waals surface area contributed by atoms with Crippen molar-refractivity contribution in [3.05, 3.63) is 38.9 Å².